The number of aromatic nitrogens is 3. The number of benzene rings is 2. The average Bonchev–Trinajstić information content (AvgIpc) is 3.39. The minimum Gasteiger partial charge on any atom is -0.495 e. The lowest BCUT2D eigenvalue weighted by Gasteiger charge is -2.17. The molecule has 1 aromatic heterocycles. The van der Waals surface area contributed by atoms with Crippen LogP contribution in [-0.2, 0) is 33.8 Å². The number of nitrogens with one attached hydrogen (secondary N) is 3. The van der Waals surface area contributed by atoms with Crippen LogP contribution in [0.2, 0.25) is 0 Å². The van der Waals surface area contributed by atoms with Crippen LogP contribution < -0.4 is 20.7 Å². The van der Waals surface area contributed by atoms with Crippen LogP contribution in [0.25, 0.3) is 0 Å². The van der Waals surface area contributed by atoms with Crippen molar-refractivity contribution in [2.75, 3.05) is 31.4 Å². The highest BCUT2D eigenvalue weighted by atomic mass is 16.5. The Morgan fingerprint density at radius 2 is 1.88 bits per heavy atom. The molecule has 222 valence electrons. The number of alkyl carbamates (subject to hydrolysis) is 1. The lowest BCUT2D eigenvalue weighted by atomic mass is 10.1. The zero-order valence-corrected chi connectivity index (χ0v) is 23.5. The van der Waals surface area contributed by atoms with Crippen LogP contribution in [0, 0.1) is 6.92 Å². The van der Waals surface area contributed by atoms with Gasteiger partial charge in [-0.1, -0.05) is 36.9 Å². The molecule has 0 aliphatic heterocycles. The number of likely N-dealkylation sites (N-methyl/N-ethyl adjacent to an activating group) is 1. The van der Waals surface area contributed by atoms with Gasteiger partial charge in [0.1, 0.15) is 24.7 Å². The first-order valence-electron chi connectivity index (χ1n) is 12.8. The van der Waals surface area contributed by atoms with Crippen LogP contribution in [0.3, 0.4) is 0 Å². The van der Waals surface area contributed by atoms with E-state index >= 15 is 0 Å². The highest BCUT2D eigenvalue weighted by Crippen LogP contribution is 2.26. The Morgan fingerprint density at radius 1 is 1.14 bits per heavy atom. The van der Waals surface area contributed by atoms with E-state index in [1.165, 1.54) is 29.1 Å². The fourth-order valence-corrected chi connectivity index (χ4v) is 3.73. The molecule has 0 aliphatic rings. The monoisotopic (exact) mass is 579 g/mol. The Balaban J connectivity index is 1.56. The molecule has 1 atom stereocenters. The van der Waals surface area contributed by atoms with Gasteiger partial charge in [0, 0.05) is 12.7 Å². The fraction of sp³-hybridized carbons (Fsp3) is 0.286. The van der Waals surface area contributed by atoms with Gasteiger partial charge < -0.3 is 35.4 Å². The maximum absolute atomic E-state index is 12.9. The standard InChI is InChI=1S/C28H33N7O7/c1-5-12-42-28(40)32-22(26(37)38)15-35-17-29-24(33-35)16-34(3)25(36)14-19-10-11-21(23(13-19)41-4)31-27(39)30-20-9-7-6-8-18(20)2/h5-11,13,17,22H,1,12,14-16H2,2-4H3,(H,32,40)(H,37,38)(H2,30,31,39). The fourth-order valence-electron chi connectivity index (χ4n) is 3.73. The van der Waals surface area contributed by atoms with Crippen LogP contribution in [-0.4, -0.2) is 75.6 Å². The number of carbonyl (C=O) groups excluding carboxylic acids is 3. The first-order valence-corrected chi connectivity index (χ1v) is 12.8. The smallest absolute Gasteiger partial charge is 0.408 e. The van der Waals surface area contributed by atoms with E-state index in [2.05, 4.69) is 32.6 Å². The molecule has 0 radical (unpaired) electrons. The van der Waals surface area contributed by atoms with Crippen molar-refractivity contribution in [3.05, 3.63) is 78.4 Å². The third-order valence-corrected chi connectivity index (χ3v) is 5.94. The second-order valence-electron chi connectivity index (χ2n) is 9.16. The summed E-state index contributed by atoms with van der Waals surface area (Å²) in [5, 5.41) is 21.4. The quantitative estimate of drug-likeness (QED) is 0.222. The molecule has 4 N–H and O–H groups in total. The molecule has 3 aromatic rings. The molecule has 1 unspecified atom stereocenters. The Labute approximate surface area is 242 Å². The number of hydrogen-bond acceptors (Lipinski definition) is 8. The number of urea groups is 1. The molecule has 4 amide bonds. The molecular weight excluding hydrogens is 546 g/mol. The second kappa shape index (κ2) is 14.8. The van der Waals surface area contributed by atoms with Crippen LogP contribution in [0.5, 0.6) is 5.75 Å². The number of carboxylic acids is 1. The van der Waals surface area contributed by atoms with E-state index in [1.54, 1.807) is 31.3 Å². The number of rotatable bonds is 13. The van der Waals surface area contributed by atoms with Crippen molar-refractivity contribution in [2.24, 2.45) is 0 Å². The van der Waals surface area contributed by atoms with Gasteiger partial charge in [-0.15, -0.1) is 0 Å². The van der Waals surface area contributed by atoms with Gasteiger partial charge in [-0.25, -0.2) is 24.0 Å². The van der Waals surface area contributed by atoms with Gasteiger partial charge in [-0.3, -0.25) is 4.79 Å². The molecule has 2 aromatic carbocycles. The summed E-state index contributed by atoms with van der Waals surface area (Å²) >= 11 is 0. The van der Waals surface area contributed by atoms with Crippen molar-refractivity contribution in [2.45, 2.75) is 32.5 Å². The number of amides is 4. The van der Waals surface area contributed by atoms with Crippen molar-refractivity contribution in [3.63, 3.8) is 0 Å². The molecular formula is C28H33N7O7. The van der Waals surface area contributed by atoms with Crippen LogP contribution in [0.1, 0.15) is 17.0 Å². The van der Waals surface area contributed by atoms with Crippen molar-refractivity contribution >= 4 is 35.4 Å². The van der Waals surface area contributed by atoms with E-state index in [0.29, 0.717) is 22.7 Å². The van der Waals surface area contributed by atoms with E-state index in [4.69, 9.17) is 9.47 Å². The number of carboxylic acid groups (broad SMARTS) is 1. The Hall–Kier alpha value is -5.40. The maximum Gasteiger partial charge on any atom is 0.408 e. The minimum atomic E-state index is -1.31. The van der Waals surface area contributed by atoms with Crippen molar-refractivity contribution in [1.82, 2.24) is 25.0 Å². The highest BCUT2D eigenvalue weighted by molar-refractivity contribution is 6.01. The van der Waals surface area contributed by atoms with E-state index in [1.807, 2.05) is 25.1 Å². The molecule has 0 saturated carbocycles. The number of carbonyl (C=O) groups is 4. The van der Waals surface area contributed by atoms with Crippen LogP contribution in [0.15, 0.2) is 61.4 Å². The molecule has 3 rings (SSSR count). The predicted molar refractivity (Wildman–Crippen MR) is 153 cm³/mol. The molecule has 0 fully saturated rings. The van der Waals surface area contributed by atoms with Gasteiger partial charge in [-0.05, 0) is 36.2 Å². The maximum atomic E-state index is 12.9. The number of aryl methyl sites for hydroxylation is 1. The lowest BCUT2D eigenvalue weighted by Crippen LogP contribution is -2.44. The van der Waals surface area contributed by atoms with Gasteiger partial charge in [-0.2, -0.15) is 5.10 Å². The number of anilines is 2. The molecule has 1 heterocycles. The number of ether oxygens (including phenoxy) is 2. The van der Waals surface area contributed by atoms with E-state index < -0.39 is 24.1 Å². The molecule has 42 heavy (non-hydrogen) atoms. The Morgan fingerprint density at radius 3 is 2.57 bits per heavy atom. The normalized spacial score (nSPS) is 11.1. The number of aliphatic carboxylic acids is 1. The third kappa shape index (κ3) is 9.08. The van der Waals surface area contributed by atoms with Crippen LogP contribution >= 0.6 is 0 Å². The summed E-state index contributed by atoms with van der Waals surface area (Å²) in [7, 11) is 3.05. The van der Waals surface area contributed by atoms with Crippen molar-refractivity contribution in [3.8, 4) is 5.75 Å². The van der Waals surface area contributed by atoms with Gasteiger partial charge in [0.15, 0.2) is 5.82 Å². The lowest BCUT2D eigenvalue weighted by molar-refractivity contribution is -0.139. The van der Waals surface area contributed by atoms with Crippen molar-refractivity contribution < 1.29 is 33.8 Å². The van der Waals surface area contributed by atoms with E-state index in [-0.39, 0.29) is 37.8 Å². The SMILES string of the molecule is C=CCOC(=O)NC(Cn1cnc(CN(C)C(=O)Cc2ccc(NC(=O)Nc3ccccc3C)c(OC)c2)n1)C(=O)O. The number of para-hydroxylation sites is 1. The van der Waals surface area contributed by atoms with Gasteiger partial charge in [0.25, 0.3) is 0 Å². The average molecular weight is 580 g/mol. The topological polar surface area (TPSA) is 177 Å². The molecule has 14 nitrogen and oxygen atoms in total. The van der Waals surface area contributed by atoms with E-state index in [9.17, 15) is 24.3 Å². The first kappa shape index (κ1) is 31.1. The number of nitrogens with zero attached hydrogens (tertiary/aromatic N) is 4. The van der Waals surface area contributed by atoms with Crippen molar-refractivity contribution in [1.29, 1.82) is 0 Å². The zero-order valence-electron chi connectivity index (χ0n) is 23.5. The summed E-state index contributed by atoms with van der Waals surface area (Å²) in [5.41, 5.74) is 2.69. The van der Waals surface area contributed by atoms with Gasteiger partial charge >= 0.3 is 18.1 Å². The molecule has 14 heteroatoms. The summed E-state index contributed by atoms with van der Waals surface area (Å²) < 4.78 is 11.4. The summed E-state index contributed by atoms with van der Waals surface area (Å²) in [6, 6.07) is 10.7. The zero-order chi connectivity index (χ0) is 30.6. The largest absolute Gasteiger partial charge is 0.495 e. The molecule has 0 spiro atoms. The second-order valence-corrected chi connectivity index (χ2v) is 9.16. The van der Waals surface area contributed by atoms with E-state index in [0.717, 1.165) is 5.56 Å². The number of hydrogen-bond donors (Lipinski definition) is 4. The highest BCUT2D eigenvalue weighted by Gasteiger charge is 2.22. The summed E-state index contributed by atoms with van der Waals surface area (Å²) in [6.07, 6.45) is 1.81. The summed E-state index contributed by atoms with van der Waals surface area (Å²) in [6.45, 7) is 5.10. The Bertz CT molecular complexity index is 1440. The molecule has 0 aliphatic carbocycles. The van der Waals surface area contributed by atoms with Gasteiger partial charge in [0.05, 0.1) is 32.3 Å². The Kier molecular flexibility index (Phi) is 11.0. The third-order valence-electron chi connectivity index (χ3n) is 5.94. The molecule has 0 bridgehead atoms. The van der Waals surface area contributed by atoms with Gasteiger partial charge in [0.2, 0.25) is 5.91 Å². The van der Waals surface area contributed by atoms with Crippen LogP contribution in [0.4, 0.5) is 21.0 Å². The molecule has 0 saturated heterocycles. The summed E-state index contributed by atoms with van der Waals surface area (Å²) in [4.78, 5) is 54.2. The minimum absolute atomic E-state index is 0.0427. The number of methoxy groups -OCH3 is 1. The predicted octanol–water partition coefficient (Wildman–Crippen LogP) is 2.81. The summed E-state index contributed by atoms with van der Waals surface area (Å²) in [5.74, 6) is -0.848. The first-order chi connectivity index (χ1) is 20.1.